The van der Waals surface area contributed by atoms with Gasteiger partial charge in [0.05, 0.1) is 5.02 Å². The number of pyridine rings is 1. The summed E-state index contributed by atoms with van der Waals surface area (Å²) in [5.74, 6) is -0.513. The number of rotatable bonds is 5. The van der Waals surface area contributed by atoms with Gasteiger partial charge >= 0.3 is 6.03 Å². The fourth-order valence-corrected chi connectivity index (χ4v) is 1.84. The van der Waals surface area contributed by atoms with E-state index in [1.165, 1.54) is 17.0 Å². The first kappa shape index (κ1) is 16.2. The molecule has 0 radical (unpaired) electrons. The van der Waals surface area contributed by atoms with E-state index in [9.17, 15) is 9.18 Å². The molecule has 2 amide bonds. The van der Waals surface area contributed by atoms with E-state index in [2.05, 4.69) is 10.5 Å². The van der Waals surface area contributed by atoms with E-state index in [1.807, 2.05) is 6.07 Å². The van der Waals surface area contributed by atoms with Gasteiger partial charge in [0, 0.05) is 26.0 Å². The summed E-state index contributed by atoms with van der Waals surface area (Å²) >= 11 is 5.61. The Labute approximate surface area is 132 Å². The molecule has 22 heavy (non-hydrogen) atoms. The Morgan fingerprint density at radius 2 is 2.23 bits per heavy atom. The highest BCUT2D eigenvalue weighted by molar-refractivity contribution is 6.30. The number of aromatic nitrogens is 1. The van der Waals surface area contributed by atoms with Crippen LogP contribution in [0, 0.1) is 5.82 Å². The van der Waals surface area contributed by atoms with E-state index in [0.29, 0.717) is 5.56 Å². The van der Waals surface area contributed by atoms with Crippen LogP contribution in [0.25, 0.3) is 0 Å². The Bertz CT molecular complexity index is 640. The first-order valence-corrected chi connectivity index (χ1v) is 6.90. The molecule has 7 heteroatoms. The van der Waals surface area contributed by atoms with E-state index in [-0.39, 0.29) is 18.2 Å². The topological polar surface area (TPSA) is 54.5 Å². The molecular weight excluding hydrogens is 309 g/mol. The Morgan fingerprint density at radius 3 is 2.91 bits per heavy atom. The van der Waals surface area contributed by atoms with Crippen molar-refractivity contribution in [2.75, 3.05) is 7.05 Å². The standard InChI is InChI=1S/C15H15ClFN3O2/c1-20(9-11-4-5-13(16)14(17)7-11)15(21)19-22-10-12-3-2-6-18-8-12/h2-8H,9-10H2,1H3,(H,19,21). The molecule has 2 aromatic rings. The zero-order valence-electron chi connectivity index (χ0n) is 11.9. The molecule has 5 nitrogen and oxygen atoms in total. The summed E-state index contributed by atoms with van der Waals surface area (Å²) < 4.78 is 13.3. The first-order chi connectivity index (χ1) is 10.6. The molecule has 0 aliphatic rings. The summed E-state index contributed by atoms with van der Waals surface area (Å²) in [5, 5.41) is 0.0515. The highest BCUT2D eigenvalue weighted by Gasteiger charge is 2.10. The zero-order chi connectivity index (χ0) is 15.9. The minimum absolute atomic E-state index is 0.0515. The number of carbonyl (C=O) groups is 1. The molecule has 0 spiro atoms. The van der Waals surface area contributed by atoms with Crippen LogP contribution in [0.3, 0.4) is 0 Å². The predicted molar refractivity (Wildman–Crippen MR) is 80.4 cm³/mol. The molecule has 0 saturated heterocycles. The minimum Gasteiger partial charge on any atom is -0.322 e. The van der Waals surface area contributed by atoms with Crippen LogP contribution in [0.1, 0.15) is 11.1 Å². The van der Waals surface area contributed by atoms with Crippen molar-refractivity contribution in [1.82, 2.24) is 15.4 Å². The van der Waals surface area contributed by atoms with Crippen LogP contribution >= 0.6 is 11.6 Å². The number of urea groups is 1. The highest BCUT2D eigenvalue weighted by Crippen LogP contribution is 2.16. The smallest absolute Gasteiger partial charge is 0.322 e. The second-order valence-electron chi connectivity index (χ2n) is 4.66. The van der Waals surface area contributed by atoms with Gasteiger partial charge in [-0.2, -0.15) is 0 Å². The molecule has 2 rings (SSSR count). The van der Waals surface area contributed by atoms with Crippen molar-refractivity contribution >= 4 is 17.6 Å². The second kappa shape index (κ2) is 7.72. The van der Waals surface area contributed by atoms with E-state index in [4.69, 9.17) is 16.4 Å². The van der Waals surface area contributed by atoms with Crippen LogP contribution in [0.15, 0.2) is 42.7 Å². The first-order valence-electron chi connectivity index (χ1n) is 6.52. The van der Waals surface area contributed by atoms with Crippen molar-refractivity contribution < 1.29 is 14.0 Å². The summed E-state index contributed by atoms with van der Waals surface area (Å²) in [6, 6.07) is 7.59. The van der Waals surface area contributed by atoms with Crippen LogP contribution in [-0.4, -0.2) is 23.0 Å². The molecule has 1 aromatic heterocycles. The second-order valence-corrected chi connectivity index (χ2v) is 5.07. The van der Waals surface area contributed by atoms with Crippen molar-refractivity contribution in [3.05, 3.63) is 64.7 Å². The SMILES string of the molecule is CN(Cc1ccc(Cl)c(F)c1)C(=O)NOCc1cccnc1. The van der Waals surface area contributed by atoms with Crippen LogP contribution in [0.4, 0.5) is 9.18 Å². The van der Waals surface area contributed by atoms with Crippen LogP contribution in [0.2, 0.25) is 5.02 Å². The Kier molecular flexibility index (Phi) is 5.68. The molecule has 116 valence electrons. The van der Waals surface area contributed by atoms with Crippen molar-refractivity contribution in [3.63, 3.8) is 0 Å². The molecule has 1 aromatic carbocycles. The van der Waals surface area contributed by atoms with Gasteiger partial charge in [-0.3, -0.25) is 9.82 Å². The van der Waals surface area contributed by atoms with Crippen LogP contribution in [0.5, 0.6) is 0 Å². The van der Waals surface area contributed by atoms with Crippen LogP contribution < -0.4 is 5.48 Å². The summed E-state index contributed by atoms with van der Waals surface area (Å²) in [4.78, 5) is 22.3. The molecule has 0 saturated carbocycles. The third kappa shape index (κ3) is 4.68. The largest absolute Gasteiger partial charge is 0.341 e. The van der Waals surface area contributed by atoms with Crippen molar-refractivity contribution in [1.29, 1.82) is 0 Å². The van der Waals surface area contributed by atoms with Crippen molar-refractivity contribution in [2.24, 2.45) is 0 Å². The Balaban J connectivity index is 1.80. The van der Waals surface area contributed by atoms with Gasteiger partial charge in [-0.25, -0.2) is 14.7 Å². The fourth-order valence-electron chi connectivity index (χ4n) is 1.73. The number of hydrogen-bond donors (Lipinski definition) is 1. The zero-order valence-corrected chi connectivity index (χ0v) is 12.7. The molecule has 0 aliphatic heterocycles. The number of amides is 2. The number of nitrogens with one attached hydrogen (secondary N) is 1. The van der Waals surface area contributed by atoms with Gasteiger partial charge in [0.2, 0.25) is 0 Å². The summed E-state index contributed by atoms with van der Waals surface area (Å²) in [7, 11) is 1.58. The molecule has 0 bridgehead atoms. The van der Waals surface area contributed by atoms with Gasteiger partial charge in [0.15, 0.2) is 0 Å². The number of nitrogens with zero attached hydrogens (tertiary/aromatic N) is 2. The maximum atomic E-state index is 13.3. The molecular formula is C15H15ClFN3O2. The quantitative estimate of drug-likeness (QED) is 0.860. The average molecular weight is 324 g/mol. The molecule has 0 atom stereocenters. The lowest BCUT2D eigenvalue weighted by Gasteiger charge is -2.18. The van der Waals surface area contributed by atoms with E-state index >= 15 is 0 Å². The van der Waals surface area contributed by atoms with Gasteiger partial charge in [0.1, 0.15) is 12.4 Å². The number of hydrogen-bond acceptors (Lipinski definition) is 3. The van der Waals surface area contributed by atoms with Crippen molar-refractivity contribution in [2.45, 2.75) is 13.2 Å². The lowest BCUT2D eigenvalue weighted by Crippen LogP contribution is -2.36. The average Bonchev–Trinajstić information content (AvgIpc) is 2.52. The third-order valence-electron chi connectivity index (χ3n) is 2.87. The normalized spacial score (nSPS) is 10.3. The summed E-state index contributed by atoms with van der Waals surface area (Å²) in [5.41, 5.74) is 3.79. The molecule has 1 heterocycles. The van der Waals surface area contributed by atoms with Gasteiger partial charge in [-0.05, 0) is 29.3 Å². The summed E-state index contributed by atoms with van der Waals surface area (Å²) in [6.45, 7) is 0.444. The Morgan fingerprint density at radius 1 is 1.41 bits per heavy atom. The lowest BCUT2D eigenvalue weighted by atomic mass is 10.2. The van der Waals surface area contributed by atoms with Gasteiger partial charge in [-0.15, -0.1) is 0 Å². The predicted octanol–water partition coefficient (Wildman–Crippen LogP) is 3.15. The minimum atomic E-state index is -0.513. The maximum Gasteiger partial charge on any atom is 0.341 e. The lowest BCUT2D eigenvalue weighted by molar-refractivity contribution is 0.0381. The fraction of sp³-hybridized carbons (Fsp3) is 0.200. The number of halogens is 2. The molecule has 0 aliphatic carbocycles. The van der Waals surface area contributed by atoms with Crippen LogP contribution in [-0.2, 0) is 18.0 Å². The van der Waals surface area contributed by atoms with E-state index in [0.717, 1.165) is 5.56 Å². The van der Waals surface area contributed by atoms with Crippen molar-refractivity contribution in [3.8, 4) is 0 Å². The molecule has 0 fully saturated rings. The summed E-state index contributed by atoms with van der Waals surface area (Å²) in [6.07, 6.45) is 3.30. The van der Waals surface area contributed by atoms with Gasteiger partial charge < -0.3 is 4.90 Å². The maximum absolute atomic E-state index is 13.3. The third-order valence-corrected chi connectivity index (χ3v) is 3.18. The highest BCUT2D eigenvalue weighted by atomic mass is 35.5. The van der Waals surface area contributed by atoms with Gasteiger partial charge in [-0.1, -0.05) is 23.7 Å². The Hall–Kier alpha value is -2.18. The number of carbonyl (C=O) groups excluding carboxylic acids is 1. The van der Waals surface area contributed by atoms with E-state index < -0.39 is 11.8 Å². The van der Waals surface area contributed by atoms with E-state index in [1.54, 1.807) is 31.6 Å². The number of hydroxylamine groups is 1. The molecule has 0 unspecified atom stereocenters. The monoisotopic (exact) mass is 323 g/mol. The molecule has 1 N–H and O–H groups in total. The van der Waals surface area contributed by atoms with Gasteiger partial charge in [0.25, 0.3) is 0 Å². The number of benzene rings is 1.